The Labute approximate surface area is 122 Å². The second kappa shape index (κ2) is 6.67. The van der Waals surface area contributed by atoms with Crippen LogP contribution in [0.15, 0.2) is 18.2 Å². The number of amides is 1. The number of hydrogen-bond acceptors (Lipinski definition) is 3. The Morgan fingerprint density at radius 3 is 2.90 bits per heavy atom. The number of carboxylic acid groups (broad SMARTS) is 1. The molecule has 2 atom stereocenters. The third-order valence-electron chi connectivity index (χ3n) is 3.89. The van der Waals surface area contributed by atoms with E-state index in [4.69, 9.17) is 5.11 Å². The number of carbonyl (C=O) groups excluding carboxylic acids is 1. The molecule has 5 nitrogen and oxygen atoms in total. The highest BCUT2D eigenvalue weighted by molar-refractivity contribution is 6.02. The van der Waals surface area contributed by atoms with Gasteiger partial charge in [-0.1, -0.05) is 19.4 Å². The minimum Gasteiger partial charge on any atom is -0.478 e. The van der Waals surface area contributed by atoms with E-state index in [1.807, 2.05) is 0 Å². The first kappa shape index (κ1) is 15.4. The zero-order valence-corrected chi connectivity index (χ0v) is 11.9. The van der Waals surface area contributed by atoms with E-state index in [1.54, 1.807) is 0 Å². The maximum Gasteiger partial charge on any atom is 0.340 e. The van der Waals surface area contributed by atoms with Crippen molar-refractivity contribution in [2.45, 2.75) is 32.2 Å². The standard InChI is InChI=1S/C15H19FN2O3/c1-2-9-6-7-17-12(8-9)14(19)18-11-5-3-4-10(16)13(11)15(20)21/h3-5,9,12,17H,2,6-8H2,1H3,(H,18,19)(H,20,21). The molecular weight excluding hydrogens is 275 g/mol. The van der Waals surface area contributed by atoms with Gasteiger partial charge < -0.3 is 15.7 Å². The van der Waals surface area contributed by atoms with Gasteiger partial charge in [0.2, 0.25) is 5.91 Å². The lowest BCUT2D eigenvalue weighted by atomic mass is 9.90. The molecule has 1 amide bonds. The lowest BCUT2D eigenvalue weighted by Gasteiger charge is -2.29. The molecule has 0 spiro atoms. The molecule has 0 saturated carbocycles. The Hall–Kier alpha value is -1.95. The molecule has 3 N–H and O–H groups in total. The summed E-state index contributed by atoms with van der Waals surface area (Å²) in [5, 5.41) is 14.7. The topological polar surface area (TPSA) is 78.4 Å². The van der Waals surface area contributed by atoms with Crippen molar-refractivity contribution in [3.05, 3.63) is 29.6 Å². The summed E-state index contributed by atoms with van der Waals surface area (Å²) in [5.41, 5.74) is -0.512. The normalized spacial score (nSPS) is 21.8. The van der Waals surface area contributed by atoms with Crippen LogP contribution < -0.4 is 10.6 Å². The fourth-order valence-electron chi connectivity index (χ4n) is 2.63. The minimum absolute atomic E-state index is 0.00655. The predicted octanol–water partition coefficient (Wildman–Crippen LogP) is 2.24. The van der Waals surface area contributed by atoms with Crippen molar-refractivity contribution in [1.29, 1.82) is 0 Å². The van der Waals surface area contributed by atoms with E-state index in [0.29, 0.717) is 12.3 Å². The van der Waals surface area contributed by atoms with E-state index >= 15 is 0 Å². The molecule has 1 aliphatic rings. The van der Waals surface area contributed by atoms with Crippen molar-refractivity contribution < 1.29 is 19.1 Å². The van der Waals surface area contributed by atoms with E-state index in [9.17, 15) is 14.0 Å². The number of aromatic carboxylic acids is 1. The van der Waals surface area contributed by atoms with Crippen LogP contribution in [0.2, 0.25) is 0 Å². The Balaban J connectivity index is 2.13. The number of piperidine rings is 1. The molecule has 1 saturated heterocycles. The van der Waals surface area contributed by atoms with E-state index in [0.717, 1.165) is 25.5 Å². The Bertz CT molecular complexity index is 548. The van der Waals surface area contributed by atoms with E-state index in [-0.39, 0.29) is 17.6 Å². The SMILES string of the molecule is CCC1CCNC(C(=O)Nc2cccc(F)c2C(=O)O)C1. The zero-order valence-electron chi connectivity index (χ0n) is 11.9. The molecule has 1 aromatic rings. The molecule has 1 aliphatic heterocycles. The number of carboxylic acids is 1. The van der Waals surface area contributed by atoms with Crippen LogP contribution in [0.5, 0.6) is 0 Å². The average molecular weight is 294 g/mol. The molecule has 114 valence electrons. The van der Waals surface area contributed by atoms with Crippen LogP contribution in [0.1, 0.15) is 36.5 Å². The van der Waals surface area contributed by atoms with Crippen LogP contribution in [-0.4, -0.2) is 29.6 Å². The number of carbonyl (C=O) groups is 2. The van der Waals surface area contributed by atoms with Crippen molar-refractivity contribution in [2.75, 3.05) is 11.9 Å². The van der Waals surface area contributed by atoms with Gasteiger partial charge in [0.05, 0.1) is 11.7 Å². The summed E-state index contributed by atoms with van der Waals surface area (Å²) in [5.74, 6) is -2.09. The van der Waals surface area contributed by atoms with Crippen molar-refractivity contribution in [1.82, 2.24) is 5.32 Å². The van der Waals surface area contributed by atoms with Gasteiger partial charge in [0.1, 0.15) is 11.4 Å². The summed E-state index contributed by atoms with van der Waals surface area (Å²) in [6.07, 6.45) is 2.74. The van der Waals surface area contributed by atoms with Gasteiger partial charge >= 0.3 is 5.97 Å². The van der Waals surface area contributed by atoms with Gasteiger partial charge in [-0.15, -0.1) is 0 Å². The summed E-state index contributed by atoms with van der Waals surface area (Å²) in [6.45, 7) is 2.84. The molecule has 1 aromatic carbocycles. The third kappa shape index (κ3) is 3.58. The maximum absolute atomic E-state index is 13.6. The van der Waals surface area contributed by atoms with Crippen molar-refractivity contribution in [3.8, 4) is 0 Å². The molecule has 1 heterocycles. The molecule has 2 rings (SSSR count). The quantitative estimate of drug-likeness (QED) is 0.796. The summed E-state index contributed by atoms with van der Waals surface area (Å²) in [7, 11) is 0. The molecule has 0 aliphatic carbocycles. The average Bonchev–Trinajstić information content (AvgIpc) is 2.47. The van der Waals surface area contributed by atoms with E-state index in [1.165, 1.54) is 12.1 Å². The Morgan fingerprint density at radius 2 is 2.24 bits per heavy atom. The number of rotatable bonds is 4. The highest BCUT2D eigenvalue weighted by Gasteiger charge is 2.27. The highest BCUT2D eigenvalue weighted by atomic mass is 19.1. The van der Waals surface area contributed by atoms with Crippen molar-refractivity contribution >= 4 is 17.6 Å². The number of nitrogens with one attached hydrogen (secondary N) is 2. The van der Waals surface area contributed by atoms with Gasteiger partial charge in [0, 0.05) is 0 Å². The smallest absolute Gasteiger partial charge is 0.340 e. The summed E-state index contributed by atoms with van der Waals surface area (Å²) in [6, 6.07) is 3.46. The first-order valence-corrected chi connectivity index (χ1v) is 7.09. The number of anilines is 1. The molecule has 1 fully saturated rings. The number of hydrogen-bond donors (Lipinski definition) is 3. The fraction of sp³-hybridized carbons (Fsp3) is 0.467. The van der Waals surface area contributed by atoms with Gasteiger partial charge in [-0.25, -0.2) is 9.18 Å². The predicted molar refractivity (Wildman–Crippen MR) is 76.8 cm³/mol. The fourth-order valence-corrected chi connectivity index (χ4v) is 2.63. The molecule has 6 heteroatoms. The molecule has 0 bridgehead atoms. The van der Waals surface area contributed by atoms with Gasteiger partial charge in [-0.3, -0.25) is 4.79 Å². The summed E-state index contributed by atoms with van der Waals surface area (Å²) >= 11 is 0. The van der Waals surface area contributed by atoms with Crippen LogP contribution in [0.4, 0.5) is 10.1 Å². The second-order valence-corrected chi connectivity index (χ2v) is 5.26. The lowest BCUT2D eigenvalue weighted by molar-refractivity contribution is -0.119. The van der Waals surface area contributed by atoms with Crippen LogP contribution in [-0.2, 0) is 4.79 Å². The second-order valence-electron chi connectivity index (χ2n) is 5.26. The maximum atomic E-state index is 13.6. The van der Waals surface area contributed by atoms with Gasteiger partial charge in [0.25, 0.3) is 0 Å². The van der Waals surface area contributed by atoms with Crippen LogP contribution in [0.25, 0.3) is 0 Å². The molecule has 21 heavy (non-hydrogen) atoms. The highest BCUT2D eigenvalue weighted by Crippen LogP contribution is 2.22. The summed E-state index contributed by atoms with van der Waals surface area (Å²) < 4.78 is 13.6. The first-order valence-electron chi connectivity index (χ1n) is 7.09. The van der Waals surface area contributed by atoms with Crippen molar-refractivity contribution in [3.63, 3.8) is 0 Å². The monoisotopic (exact) mass is 294 g/mol. The minimum atomic E-state index is -1.40. The number of halogens is 1. The van der Waals surface area contributed by atoms with Gasteiger partial charge in [-0.2, -0.15) is 0 Å². The molecule has 2 unspecified atom stereocenters. The first-order chi connectivity index (χ1) is 10.0. The van der Waals surface area contributed by atoms with Gasteiger partial charge in [0.15, 0.2) is 0 Å². The third-order valence-corrected chi connectivity index (χ3v) is 3.89. The Kier molecular flexibility index (Phi) is 4.90. The largest absolute Gasteiger partial charge is 0.478 e. The Morgan fingerprint density at radius 1 is 1.48 bits per heavy atom. The zero-order chi connectivity index (χ0) is 15.4. The van der Waals surface area contributed by atoms with Crippen LogP contribution in [0.3, 0.4) is 0 Å². The number of benzene rings is 1. The molecular formula is C15H19FN2O3. The van der Waals surface area contributed by atoms with Crippen molar-refractivity contribution in [2.24, 2.45) is 5.92 Å². The van der Waals surface area contributed by atoms with Gasteiger partial charge in [-0.05, 0) is 37.4 Å². The van der Waals surface area contributed by atoms with Crippen LogP contribution in [0, 0.1) is 11.7 Å². The molecule has 0 aromatic heterocycles. The van der Waals surface area contributed by atoms with Crippen LogP contribution >= 0.6 is 0 Å². The molecule has 0 radical (unpaired) electrons. The van der Waals surface area contributed by atoms with E-state index in [2.05, 4.69) is 17.6 Å². The van der Waals surface area contributed by atoms with E-state index < -0.39 is 17.3 Å². The summed E-state index contributed by atoms with van der Waals surface area (Å²) in [4.78, 5) is 23.3. The lowest BCUT2D eigenvalue weighted by Crippen LogP contribution is -2.46.